The number of rotatable bonds is 3. The van der Waals surface area contributed by atoms with Crippen LogP contribution in [0.5, 0.6) is 5.75 Å². The summed E-state index contributed by atoms with van der Waals surface area (Å²) >= 11 is 0. The maximum absolute atomic E-state index is 14.0. The highest BCUT2D eigenvalue weighted by molar-refractivity contribution is 5.30. The number of fused-ring (bicyclic) bond motifs is 1. The van der Waals surface area contributed by atoms with Crippen LogP contribution in [0, 0.1) is 5.82 Å². The molecule has 0 aromatic heterocycles. The molecule has 0 saturated carbocycles. The summed E-state index contributed by atoms with van der Waals surface area (Å²) < 4.78 is 24.7. The van der Waals surface area contributed by atoms with E-state index in [9.17, 15) is 9.50 Å². The van der Waals surface area contributed by atoms with Crippen molar-refractivity contribution in [3.8, 4) is 5.75 Å². The molecule has 0 amide bonds. The monoisotopic (exact) mass is 281 g/mol. The van der Waals surface area contributed by atoms with Gasteiger partial charge in [0.15, 0.2) is 0 Å². The van der Waals surface area contributed by atoms with Crippen LogP contribution in [0.15, 0.2) is 18.2 Å². The van der Waals surface area contributed by atoms with Crippen LogP contribution in [0.25, 0.3) is 0 Å². The van der Waals surface area contributed by atoms with Gasteiger partial charge in [-0.25, -0.2) is 4.39 Å². The van der Waals surface area contributed by atoms with Gasteiger partial charge in [-0.3, -0.25) is 4.90 Å². The average molecular weight is 281 g/mol. The zero-order valence-corrected chi connectivity index (χ0v) is 11.6. The van der Waals surface area contributed by atoms with Crippen molar-refractivity contribution < 1.29 is 19.0 Å². The fraction of sp³-hybridized carbons (Fsp3) is 0.600. The van der Waals surface area contributed by atoms with Crippen LogP contribution in [-0.4, -0.2) is 49.0 Å². The standard InChI is InChI=1S/C15H20FNO3/c1-19-11-4-5-12(13(16)7-11)15(18)14-8-17-6-2-3-10(17)9-20-14/h4-5,7,10,14-15,18H,2-3,6,8-9H2,1H3. The lowest BCUT2D eigenvalue weighted by Crippen LogP contribution is -2.48. The van der Waals surface area contributed by atoms with E-state index in [0.29, 0.717) is 24.9 Å². The highest BCUT2D eigenvalue weighted by Gasteiger charge is 2.36. The molecule has 2 saturated heterocycles. The third-order valence-electron chi connectivity index (χ3n) is 4.29. The molecule has 1 aromatic carbocycles. The summed E-state index contributed by atoms with van der Waals surface area (Å²) in [6.45, 7) is 2.33. The molecule has 2 aliphatic heterocycles. The number of methoxy groups -OCH3 is 1. The number of morpholine rings is 1. The first kappa shape index (κ1) is 13.8. The average Bonchev–Trinajstić information content (AvgIpc) is 2.93. The molecule has 3 rings (SSSR count). The van der Waals surface area contributed by atoms with E-state index in [1.165, 1.54) is 19.6 Å². The summed E-state index contributed by atoms with van der Waals surface area (Å²) in [6, 6.07) is 4.99. The van der Waals surface area contributed by atoms with Crippen LogP contribution in [0.2, 0.25) is 0 Å². The smallest absolute Gasteiger partial charge is 0.132 e. The molecule has 5 heteroatoms. The maximum Gasteiger partial charge on any atom is 0.132 e. The lowest BCUT2D eigenvalue weighted by molar-refractivity contribution is -0.104. The van der Waals surface area contributed by atoms with Crippen LogP contribution in [0.3, 0.4) is 0 Å². The number of ether oxygens (including phenoxy) is 2. The molecule has 4 nitrogen and oxygen atoms in total. The number of benzene rings is 1. The van der Waals surface area contributed by atoms with Crippen molar-refractivity contribution in [3.63, 3.8) is 0 Å². The van der Waals surface area contributed by atoms with Crippen molar-refractivity contribution in [1.29, 1.82) is 0 Å². The topological polar surface area (TPSA) is 41.9 Å². The van der Waals surface area contributed by atoms with E-state index in [-0.39, 0.29) is 11.7 Å². The van der Waals surface area contributed by atoms with Gasteiger partial charge in [-0.05, 0) is 31.5 Å². The van der Waals surface area contributed by atoms with Crippen molar-refractivity contribution in [2.75, 3.05) is 26.8 Å². The predicted molar refractivity (Wildman–Crippen MR) is 72.2 cm³/mol. The first-order valence-corrected chi connectivity index (χ1v) is 7.06. The Hall–Kier alpha value is -1.17. The Morgan fingerprint density at radius 2 is 2.35 bits per heavy atom. The van der Waals surface area contributed by atoms with Crippen molar-refractivity contribution in [3.05, 3.63) is 29.6 Å². The van der Waals surface area contributed by atoms with Crippen LogP contribution in [0.4, 0.5) is 4.39 Å². The Balaban J connectivity index is 1.73. The molecule has 2 heterocycles. The molecule has 2 fully saturated rings. The van der Waals surface area contributed by atoms with Gasteiger partial charge in [-0.15, -0.1) is 0 Å². The minimum atomic E-state index is -0.942. The lowest BCUT2D eigenvalue weighted by atomic mass is 10.0. The summed E-state index contributed by atoms with van der Waals surface area (Å²) in [5.74, 6) is -0.00776. The molecular formula is C15H20FNO3. The fourth-order valence-electron chi connectivity index (χ4n) is 3.11. The first-order valence-electron chi connectivity index (χ1n) is 7.06. The summed E-state index contributed by atoms with van der Waals surface area (Å²) in [4.78, 5) is 2.33. The molecule has 0 bridgehead atoms. The number of nitrogens with zero attached hydrogens (tertiary/aromatic N) is 1. The second kappa shape index (κ2) is 5.68. The Kier molecular flexibility index (Phi) is 3.92. The SMILES string of the molecule is COc1ccc(C(O)C2CN3CCCC3CO2)c(F)c1. The zero-order chi connectivity index (χ0) is 14.1. The van der Waals surface area contributed by atoms with Crippen LogP contribution < -0.4 is 4.74 Å². The van der Waals surface area contributed by atoms with Crippen LogP contribution >= 0.6 is 0 Å². The molecule has 0 radical (unpaired) electrons. The fourth-order valence-corrected chi connectivity index (χ4v) is 3.11. The van der Waals surface area contributed by atoms with E-state index < -0.39 is 11.9 Å². The van der Waals surface area contributed by atoms with Crippen LogP contribution in [-0.2, 0) is 4.74 Å². The molecular weight excluding hydrogens is 261 g/mol. The molecule has 1 aromatic rings. The number of hydrogen-bond donors (Lipinski definition) is 1. The quantitative estimate of drug-likeness (QED) is 0.916. The second-order valence-corrected chi connectivity index (χ2v) is 5.50. The van der Waals surface area contributed by atoms with Gasteiger partial charge in [0.2, 0.25) is 0 Å². The molecule has 20 heavy (non-hydrogen) atoms. The summed E-state index contributed by atoms with van der Waals surface area (Å²) in [5.41, 5.74) is 0.272. The second-order valence-electron chi connectivity index (χ2n) is 5.50. The number of halogens is 1. The van der Waals surface area contributed by atoms with E-state index in [1.807, 2.05) is 0 Å². The molecule has 0 spiro atoms. The minimum Gasteiger partial charge on any atom is -0.497 e. The number of aliphatic hydroxyl groups excluding tert-OH is 1. The summed E-state index contributed by atoms with van der Waals surface area (Å²) in [6.07, 6.45) is 1.02. The predicted octanol–water partition coefficient (Wildman–Crippen LogP) is 1.73. The zero-order valence-electron chi connectivity index (χ0n) is 11.6. The molecule has 3 atom stereocenters. The lowest BCUT2D eigenvalue weighted by Gasteiger charge is -2.37. The Bertz CT molecular complexity index is 482. The minimum absolute atomic E-state index is 0.272. The third-order valence-corrected chi connectivity index (χ3v) is 4.29. The van der Waals surface area contributed by atoms with Crippen molar-refractivity contribution in [2.45, 2.75) is 31.1 Å². The number of aliphatic hydroxyl groups is 1. The maximum atomic E-state index is 14.0. The van der Waals surface area contributed by atoms with Gasteiger partial charge in [0.1, 0.15) is 23.8 Å². The first-order chi connectivity index (χ1) is 9.69. The molecule has 0 aliphatic carbocycles. The van der Waals surface area contributed by atoms with Gasteiger partial charge < -0.3 is 14.6 Å². The highest BCUT2D eigenvalue weighted by atomic mass is 19.1. The van der Waals surface area contributed by atoms with E-state index in [2.05, 4.69) is 4.90 Å². The van der Waals surface area contributed by atoms with Gasteiger partial charge in [0, 0.05) is 24.2 Å². The highest BCUT2D eigenvalue weighted by Crippen LogP contribution is 2.30. The van der Waals surface area contributed by atoms with E-state index in [0.717, 1.165) is 13.0 Å². The van der Waals surface area contributed by atoms with Gasteiger partial charge in [0.25, 0.3) is 0 Å². The third kappa shape index (κ3) is 2.53. The van der Waals surface area contributed by atoms with E-state index in [1.54, 1.807) is 12.1 Å². The Morgan fingerprint density at radius 3 is 3.10 bits per heavy atom. The molecule has 2 aliphatic rings. The van der Waals surface area contributed by atoms with E-state index >= 15 is 0 Å². The van der Waals surface area contributed by atoms with Crippen LogP contribution in [0.1, 0.15) is 24.5 Å². The molecule has 110 valence electrons. The van der Waals surface area contributed by atoms with Gasteiger partial charge >= 0.3 is 0 Å². The largest absolute Gasteiger partial charge is 0.497 e. The summed E-state index contributed by atoms with van der Waals surface area (Å²) in [5, 5.41) is 10.4. The normalized spacial score (nSPS) is 28.1. The summed E-state index contributed by atoms with van der Waals surface area (Å²) in [7, 11) is 1.49. The van der Waals surface area contributed by atoms with Crippen molar-refractivity contribution >= 4 is 0 Å². The van der Waals surface area contributed by atoms with Crippen molar-refractivity contribution in [2.24, 2.45) is 0 Å². The van der Waals surface area contributed by atoms with Gasteiger partial charge in [-0.1, -0.05) is 0 Å². The molecule has 3 unspecified atom stereocenters. The van der Waals surface area contributed by atoms with Gasteiger partial charge in [-0.2, -0.15) is 0 Å². The van der Waals surface area contributed by atoms with Gasteiger partial charge in [0.05, 0.1) is 13.7 Å². The number of hydrogen-bond acceptors (Lipinski definition) is 4. The molecule has 1 N–H and O–H groups in total. The van der Waals surface area contributed by atoms with E-state index in [4.69, 9.17) is 9.47 Å². The Labute approximate surface area is 118 Å². The van der Waals surface area contributed by atoms with Crippen molar-refractivity contribution in [1.82, 2.24) is 4.90 Å². The Morgan fingerprint density at radius 1 is 1.50 bits per heavy atom.